The smallest absolute Gasteiger partial charge is 0.204 e. The molecule has 1 aromatic carbocycles. The lowest BCUT2D eigenvalue weighted by Crippen LogP contribution is -2.52. The van der Waals surface area contributed by atoms with Crippen molar-refractivity contribution in [2.75, 3.05) is 18.5 Å². The number of nitrogens with zero attached hydrogens (tertiary/aromatic N) is 2. The molecule has 130 valence electrons. The lowest BCUT2D eigenvalue weighted by molar-refractivity contribution is 0.593. The van der Waals surface area contributed by atoms with E-state index in [9.17, 15) is 4.21 Å². The van der Waals surface area contributed by atoms with E-state index in [0.717, 1.165) is 23.2 Å². The summed E-state index contributed by atoms with van der Waals surface area (Å²) >= 11 is 0. The van der Waals surface area contributed by atoms with Gasteiger partial charge in [0, 0.05) is 18.7 Å². The van der Waals surface area contributed by atoms with Gasteiger partial charge in [0.25, 0.3) is 0 Å². The van der Waals surface area contributed by atoms with E-state index in [1.165, 1.54) is 4.31 Å². The average Bonchev–Trinajstić information content (AvgIpc) is 2.59. The maximum absolute atomic E-state index is 12.9. The average molecular weight is 354 g/mol. The number of terminal acetylenes is 1. The van der Waals surface area contributed by atoms with Crippen LogP contribution in [0.1, 0.15) is 17.9 Å². The number of nitrogen functional groups attached to an aromatic ring is 1. The predicted octanol–water partition coefficient (Wildman–Crippen LogP) is 1.50. The molecule has 0 saturated carbocycles. The number of hydrogen-bond donors (Lipinski definition) is 2. The van der Waals surface area contributed by atoms with Crippen LogP contribution in [0.25, 0.3) is 0 Å². The molecule has 3 rings (SSSR count). The lowest BCUT2D eigenvalue weighted by atomic mass is 9.82. The quantitative estimate of drug-likeness (QED) is 0.479. The Hall–Kier alpha value is -2.65. The van der Waals surface area contributed by atoms with E-state index in [2.05, 4.69) is 28.9 Å². The summed E-state index contributed by atoms with van der Waals surface area (Å²) in [7, 11) is -1.01. The van der Waals surface area contributed by atoms with Gasteiger partial charge in [0.2, 0.25) is 5.96 Å². The van der Waals surface area contributed by atoms with E-state index in [0.29, 0.717) is 0 Å². The Kier molecular flexibility index (Phi) is 4.13. The van der Waals surface area contributed by atoms with Gasteiger partial charge in [-0.25, -0.2) is 9.20 Å². The third-order valence-corrected chi connectivity index (χ3v) is 6.74. The van der Waals surface area contributed by atoms with E-state index in [4.69, 9.17) is 17.9 Å². The molecule has 1 heterocycles. The fourth-order valence-corrected chi connectivity index (χ4v) is 4.72. The van der Waals surface area contributed by atoms with Crippen LogP contribution in [-0.4, -0.2) is 38.7 Å². The van der Waals surface area contributed by atoms with Crippen molar-refractivity contribution in [3.05, 3.63) is 53.6 Å². The van der Waals surface area contributed by atoms with Crippen LogP contribution >= 0.6 is 0 Å². The van der Waals surface area contributed by atoms with Gasteiger partial charge in [0.05, 0.1) is 15.5 Å². The van der Waals surface area contributed by atoms with Crippen LogP contribution in [0, 0.1) is 12.3 Å². The molecular formula is C19H22N4OS. The Bertz CT molecular complexity index is 936. The Balaban J connectivity index is 2.07. The van der Waals surface area contributed by atoms with Gasteiger partial charge in [-0.1, -0.05) is 36.3 Å². The highest BCUT2D eigenvalue weighted by molar-refractivity contribution is 7.98. The summed E-state index contributed by atoms with van der Waals surface area (Å²) in [5, 5.41) is 0. The van der Waals surface area contributed by atoms with Crippen molar-refractivity contribution in [2.45, 2.75) is 17.9 Å². The molecule has 1 aliphatic heterocycles. The van der Waals surface area contributed by atoms with Crippen molar-refractivity contribution in [1.29, 1.82) is 0 Å². The van der Waals surface area contributed by atoms with Crippen molar-refractivity contribution in [2.24, 2.45) is 10.7 Å². The third-order valence-electron chi connectivity index (χ3n) is 4.68. The maximum Gasteiger partial charge on any atom is 0.204 e. The molecule has 0 amide bonds. The van der Waals surface area contributed by atoms with Gasteiger partial charge in [-0.05, 0) is 35.6 Å². The van der Waals surface area contributed by atoms with Gasteiger partial charge in [-0.3, -0.25) is 4.31 Å². The largest absolute Gasteiger partial charge is 0.399 e. The van der Waals surface area contributed by atoms with Crippen LogP contribution in [-0.2, 0) is 9.71 Å². The molecule has 0 spiro atoms. The van der Waals surface area contributed by atoms with Gasteiger partial charge < -0.3 is 11.5 Å². The molecule has 2 aliphatic rings. The number of anilines is 1. The molecule has 0 fully saturated rings. The lowest BCUT2D eigenvalue weighted by Gasteiger charge is -2.38. The van der Waals surface area contributed by atoms with E-state index < -0.39 is 15.2 Å². The number of nitrogens with two attached hydrogens (primary N) is 2. The summed E-state index contributed by atoms with van der Waals surface area (Å²) in [5.41, 5.74) is 13.5. The fraction of sp³-hybridized carbons (Fsp3) is 0.263. The van der Waals surface area contributed by atoms with Crippen LogP contribution in [0.3, 0.4) is 0 Å². The number of aliphatic imine (C=N–C) groups is 1. The molecule has 0 radical (unpaired) electrons. The molecule has 6 heteroatoms. The first-order chi connectivity index (χ1) is 11.8. The van der Waals surface area contributed by atoms with Crippen LogP contribution < -0.4 is 11.5 Å². The first-order valence-corrected chi connectivity index (χ1v) is 9.79. The minimum Gasteiger partial charge on any atom is -0.399 e. The summed E-state index contributed by atoms with van der Waals surface area (Å²) in [6, 6.07) is 7.78. The summed E-state index contributed by atoms with van der Waals surface area (Å²) in [4.78, 5) is 4.50. The van der Waals surface area contributed by atoms with Gasteiger partial charge in [-0.15, -0.1) is 6.42 Å². The standard InChI is InChI=1S/C19H22N4OS/c1-4-19(13-25(3,24)23(2)18(21)22-19)16-9-5-7-14(11-16)15-8-6-10-17(20)12-15/h1,5-6,8-12,14H,3,7,13,20H2,2H3,(H2,21,22)/t14?,19-,25?/m0/s1. The van der Waals surface area contributed by atoms with Gasteiger partial charge in [0.15, 0.2) is 5.54 Å². The summed E-state index contributed by atoms with van der Waals surface area (Å²) in [6.45, 7) is 0. The molecule has 2 unspecified atom stereocenters. The maximum atomic E-state index is 12.9. The van der Waals surface area contributed by atoms with E-state index in [-0.39, 0.29) is 17.6 Å². The minimum atomic E-state index is -2.63. The van der Waals surface area contributed by atoms with Crippen molar-refractivity contribution in [3.63, 3.8) is 0 Å². The number of allylic oxidation sites excluding steroid dienone is 2. The van der Waals surface area contributed by atoms with Crippen LogP contribution in [0.2, 0.25) is 0 Å². The normalized spacial score (nSPS) is 31.8. The SMILES string of the molecule is C#C[C@@]1(C2=CC(c3cccc(N)c3)CC=C2)CS(=C)(=O)N(C)C(N)=N1. The highest BCUT2D eigenvalue weighted by Gasteiger charge is 2.41. The van der Waals surface area contributed by atoms with Crippen LogP contribution in [0.15, 0.2) is 53.1 Å². The molecule has 0 saturated heterocycles. The zero-order chi connectivity index (χ0) is 18.2. The summed E-state index contributed by atoms with van der Waals surface area (Å²) in [6.07, 6.45) is 12.7. The van der Waals surface area contributed by atoms with E-state index in [1.807, 2.05) is 30.3 Å². The van der Waals surface area contributed by atoms with E-state index in [1.54, 1.807) is 7.05 Å². The number of rotatable bonds is 2. The number of benzene rings is 1. The summed E-state index contributed by atoms with van der Waals surface area (Å²) in [5.74, 6) is 6.94. The van der Waals surface area contributed by atoms with Gasteiger partial charge in [0.1, 0.15) is 0 Å². The fourth-order valence-electron chi connectivity index (χ4n) is 3.18. The second-order valence-electron chi connectivity index (χ2n) is 6.43. The van der Waals surface area contributed by atoms with Crippen LogP contribution in [0.4, 0.5) is 5.69 Å². The Morgan fingerprint density at radius 1 is 1.48 bits per heavy atom. The Morgan fingerprint density at radius 3 is 2.88 bits per heavy atom. The van der Waals surface area contributed by atoms with Crippen LogP contribution in [0.5, 0.6) is 0 Å². The van der Waals surface area contributed by atoms with E-state index >= 15 is 0 Å². The minimum absolute atomic E-state index is 0.130. The third kappa shape index (κ3) is 3.03. The summed E-state index contributed by atoms with van der Waals surface area (Å²) < 4.78 is 14.3. The molecule has 4 N–H and O–H groups in total. The first-order valence-electron chi connectivity index (χ1n) is 7.93. The molecule has 1 aliphatic carbocycles. The topological polar surface area (TPSA) is 84.7 Å². The molecule has 5 nitrogen and oxygen atoms in total. The first kappa shape index (κ1) is 17.2. The molecule has 25 heavy (non-hydrogen) atoms. The Morgan fingerprint density at radius 2 is 2.24 bits per heavy atom. The highest BCUT2D eigenvalue weighted by Crippen LogP contribution is 2.36. The predicted molar refractivity (Wildman–Crippen MR) is 107 cm³/mol. The van der Waals surface area contributed by atoms with Crippen molar-refractivity contribution in [3.8, 4) is 12.3 Å². The van der Waals surface area contributed by atoms with Crippen molar-refractivity contribution < 1.29 is 4.21 Å². The van der Waals surface area contributed by atoms with Crippen molar-refractivity contribution in [1.82, 2.24) is 4.31 Å². The zero-order valence-corrected chi connectivity index (χ0v) is 15.0. The van der Waals surface area contributed by atoms with Crippen molar-refractivity contribution >= 4 is 27.2 Å². The zero-order valence-electron chi connectivity index (χ0n) is 14.2. The van der Waals surface area contributed by atoms with Gasteiger partial charge >= 0.3 is 0 Å². The molecule has 3 atom stereocenters. The monoisotopic (exact) mass is 354 g/mol. The van der Waals surface area contributed by atoms with Gasteiger partial charge in [-0.2, -0.15) is 0 Å². The second kappa shape index (κ2) is 6.01. The molecule has 1 aromatic rings. The molecule has 0 bridgehead atoms. The number of guanidine groups is 1. The molecule has 0 aromatic heterocycles. The Labute approximate surface area is 149 Å². The molecular weight excluding hydrogens is 332 g/mol. The highest BCUT2D eigenvalue weighted by atomic mass is 32.2. The number of hydrogen-bond acceptors (Lipinski definition) is 4. The second-order valence-corrected chi connectivity index (χ2v) is 8.81.